The minimum atomic E-state index is -2.24. The third-order valence-electron chi connectivity index (χ3n) is 10.4. The number of carbonyl (C=O) groups is 1. The summed E-state index contributed by atoms with van der Waals surface area (Å²) in [6, 6.07) is 27.7. The summed E-state index contributed by atoms with van der Waals surface area (Å²) in [6.07, 6.45) is 20.2. The number of hydrogen-bond acceptors (Lipinski definition) is 2. The van der Waals surface area contributed by atoms with Crippen molar-refractivity contribution < 1.29 is 8.98 Å². The van der Waals surface area contributed by atoms with Gasteiger partial charge in [0.25, 0.3) is 0 Å². The van der Waals surface area contributed by atoms with Gasteiger partial charge in [0.05, 0.1) is 0 Å². The molecule has 0 aromatic heterocycles. The zero-order valence-electron chi connectivity index (χ0n) is 25.7. The van der Waals surface area contributed by atoms with Crippen molar-refractivity contribution in [3.63, 3.8) is 0 Å². The molecule has 3 aliphatic rings. The zero-order valence-corrected chi connectivity index (χ0v) is 26.5. The molecule has 0 amide bonds. The lowest BCUT2D eigenvalue weighted by Gasteiger charge is -2.40. The first kappa shape index (κ1) is 29.5. The van der Waals surface area contributed by atoms with Crippen molar-refractivity contribution in [2.75, 3.05) is 0 Å². The second kappa shape index (κ2) is 13.8. The van der Waals surface area contributed by atoms with Gasteiger partial charge in [-0.2, -0.15) is 0 Å². The molecule has 6 rings (SSSR count). The van der Waals surface area contributed by atoms with Gasteiger partial charge >= 0.3 is 5.97 Å². The van der Waals surface area contributed by atoms with E-state index in [1.807, 2.05) is 6.92 Å². The Morgan fingerprint density at radius 1 is 0.524 bits per heavy atom. The largest absolute Gasteiger partial charge is 0.402 e. The Labute approximate surface area is 256 Å². The van der Waals surface area contributed by atoms with Crippen molar-refractivity contribution in [1.82, 2.24) is 0 Å². The molecule has 3 aromatic carbocycles. The van der Waals surface area contributed by atoms with Gasteiger partial charge in [0.1, 0.15) is 0 Å². The second-order valence-corrected chi connectivity index (χ2v) is 15.8. The quantitative estimate of drug-likeness (QED) is 0.264. The van der Waals surface area contributed by atoms with E-state index in [1.165, 1.54) is 113 Å². The highest BCUT2D eigenvalue weighted by molar-refractivity contribution is 8.30. The Kier molecular flexibility index (Phi) is 9.74. The maximum atomic E-state index is 13.3. The average molecular weight is 583 g/mol. The lowest BCUT2D eigenvalue weighted by atomic mass is 9.84. The van der Waals surface area contributed by atoms with E-state index >= 15 is 0 Å². The lowest BCUT2D eigenvalue weighted by Crippen LogP contribution is -2.14. The van der Waals surface area contributed by atoms with Crippen LogP contribution in [0.4, 0.5) is 0 Å². The van der Waals surface area contributed by atoms with Crippen molar-refractivity contribution in [1.29, 1.82) is 0 Å². The molecule has 3 aliphatic carbocycles. The van der Waals surface area contributed by atoms with Crippen LogP contribution in [0.3, 0.4) is 0 Å². The fourth-order valence-electron chi connectivity index (χ4n) is 7.85. The fourth-order valence-corrected chi connectivity index (χ4v) is 10.9. The standard InChI is InChI=1S/C39H50O2S/c1-2-39(40)41-42(36-24-18-33(19-25-36)30-12-6-3-7-13-30,37-26-20-34(21-27-37)31-14-8-4-9-15-31)38-28-22-35(23-29-38)32-16-10-5-11-17-32/h18-32H,2-17H2,1H3. The van der Waals surface area contributed by atoms with E-state index < -0.39 is 10.3 Å². The van der Waals surface area contributed by atoms with Crippen molar-refractivity contribution in [2.45, 2.75) is 142 Å². The molecular weight excluding hydrogens is 532 g/mol. The molecule has 224 valence electrons. The van der Waals surface area contributed by atoms with Crippen LogP contribution in [0.1, 0.15) is 144 Å². The third-order valence-corrected chi connectivity index (χ3v) is 13.6. The van der Waals surface area contributed by atoms with Crippen molar-refractivity contribution in [2.24, 2.45) is 0 Å². The summed E-state index contributed by atoms with van der Waals surface area (Å²) >= 11 is 0. The van der Waals surface area contributed by atoms with Crippen LogP contribution in [-0.4, -0.2) is 5.97 Å². The van der Waals surface area contributed by atoms with Crippen LogP contribution < -0.4 is 0 Å². The fraction of sp³-hybridized carbons (Fsp3) is 0.513. The molecule has 0 unspecified atom stereocenters. The van der Waals surface area contributed by atoms with E-state index in [4.69, 9.17) is 4.18 Å². The second-order valence-electron chi connectivity index (χ2n) is 13.1. The van der Waals surface area contributed by atoms with Crippen LogP contribution in [0.2, 0.25) is 0 Å². The van der Waals surface area contributed by atoms with Gasteiger partial charge in [0.15, 0.2) is 0 Å². The summed E-state index contributed by atoms with van der Waals surface area (Å²) in [5, 5.41) is 0. The Morgan fingerprint density at radius 2 is 0.810 bits per heavy atom. The van der Waals surface area contributed by atoms with Crippen LogP contribution in [0.15, 0.2) is 87.5 Å². The number of rotatable bonds is 8. The molecule has 0 aliphatic heterocycles. The van der Waals surface area contributed by atoms with Crippen LogP contribution in [0.25, 0.3) is 0 Å². The molecule has 0 saturated heterocycles. The van der Waals surface area contributed by atoms with Gasteiger partial charge in [0.2, 0.25) is 0 Å². The highest BCUT2D eigenvalue weighted by Gasteiger charge is 2.36. The maximum Gasteiger partial charge on any atom is 0.316 e. The van der Waals surface area contributed by atoms with Gasteiger partial charge < -0.3 is 4.18 Å². The van der Waals surface area contributed by atoms with Gasteiger partial charge in [0, 0.05) is 21.1 Å². The van der Waals surface area contributed by atoms with Crippen LogP contribution in [0, 0.1) is 0 Å². The third kappa shape index (κ3) is 6.37. The highest BCUT2D eigenvalue weighted by Crippen LogP contribution is 2.69. The van der Waals surface area contributed by atoms with Crippen molar-refractivity contribution >= 4 is 16.3 Å². The van der Waals surface area contributed by atoms with Gasteiger partial charge in [-0.3, -0.25) is 4.79 Å². The Balaban J connectivity index is 1.43. The molecule has 3 fully saturated rings. The van der Waals surface area contributed by atoms with E-state index in [2.05, 4.69) is 72.8 Å². The van der Waals surface area contributed by atoms with Crippen LogP contribution >= 0.6 is 10.3 Å². The number of benzene rings is 3. The molecule has 3 heteroatoms. The van der Waals surface area contributed by atoms with Crippen LogP contribution in [-0.2, 0) is 8.98 Å². The summed E-state index contributed by atoms with van der Waals surface area (Å²) in [4.78, 5) is 16.7. The first-order valence-corrected chi connectivity index (χ1v) is 18.6. The summed E-state index contributed by atoms with van der Waals surface area (Å²) in [5.41, 5.74) is 4.32. The molecule has 3 aromatic rings. The zero-order chi connectivity index (χ0) is 28.8. The predicted octanol–water partition coefficient (Wildman–Crippen LogP) is 12.0. The topological polar surface area (TPSA) is 26.3 Å². The van der Waals surface area contributed by atoms with Gasteiger partial charge in [-0.15, -0.1) is 0 Å². The minimum Gasteiger partial charge on any atom is -0.402 e. The van der Waals surface area contributed by atoms with E-state index in [-0.39, 0.29) is 5.97 Å². The van der Waals surface area contributed by atoms with Gasteiger partial charge in [-0.25, -0.2) is 0 Å². The first-order chi connectivity index (χ1) is 20.7. The molecular formula is C39H50O2S. The SMILES string of the molecule is CCC(=O)OS(c1ccc(C2CCCCC2)cc1)(c1ccc(C2CCCCC2)cc1)c1ccc(C2CCCCC2)cc1. The minimum absolute atomic E-state index is 0.130. The predicted molar refractivity (Wildman–Crippen MR) is 176 cm³/mol. The lowest BCUT2D eigenvalue weighted by molar-refractivity contribution is -0.133. The molecule has 2 nitrogen and oxygen atoms in total. The summed E-state index contributed by atoms with van der Waals surface area (Å²) in [6.45, 7) is 1.91. The molecule has 0 spiro atoms. The maximum absolute atomic E-state index is 13.3. The molecule has 42 heavy (non-hydrogen) atoms. The summed E-state index contributed by atoms with van der Waals surface area (Å²) in [7, 11) is -2.24. The number of hydrogen-bond donors (Lipinski definition) is 0. The Bertz CT molecular complexity index is 1130. The van der Waals surface area contributed by atoms with E-state index in [0.29, 0.717) is 24.2 Å². The molecule has 0 N–H and O–H groups in total. The number of carbonyl (C=O) groups excluding carboxylic acids is 1. The molecule has 0 atom stereocenters. The van der Waals surface area contributed by atoms with Crippen LogP contribution in [0.5, 0.6) is 0 Å². The van der Waals surface area contributed by atoms with E-state index in [9.17, 15) is 4.79 Å². The van der Waals surface area contributed by atoms with Gasteiger partial charge in [-0.1, -0.05) is 101 Å². The average Bonchev–Trinajstić information content (AvgIpc) is 3.08. The first-order valence-electron chi connectivity index (χ1n) is 17.0. The van der Waals surface area contributed by atoms with Crippen molar-refractivity contribution in [3.8, 4) is 0 Å². The summed E-state index contributed by atoms with van der Waals surface area (Å²) in [5.74, 6) is 1.83. The van der Waals surface area contributed by atoms with Gasteiger partial charge in [-0.05, 0) is 120 Å². The molecule has 3 saturated carbocycles. The Morgan fingerprint density at radius 3 is 1.07 bits per heavy atom. The molecule has 0 heterocycles. The van der Waals surface area contributed by atoms with Crippen molar-refractivity contribution in [3.05, 3.63) is 89.5 Å². The smallest absolute Gasteiger partial charge is 0.316 e. The Hall–Kier alpha value is -2.52. The normalized spacial score (nSPS) is 19.8. The molecule has 0 bridgehead atoms. The highest BCUT2D eigenvalue weighted by atomic mass is 32.3. The van der Waals surface area contributed by atoms with E-state index in [1.54, 1.807) is 0 Å². The van der Waals surface area contributed by atoms with E-state index in [0.717, 1.165) is 14.7 Å². The monoisotopic (exact) mass is 582 g/mol. The molecule has 0 radical (unpaired) electrons. The summed E-state index contributed by atoms with van der Waals surface area (Å²) < 4.78 is 6.75.